The number of carbonyl (C=O) groups excluding carboxylic acids is 2. The molecule has 0 saturated heterocycles. The van der Waals surface area contributed by atoms with Crippen molar-refractivity contribution in [2.45, 2.75) is 59.1 Å². The number of hydrogen-bond donors (Lipinski definition) is 1. The summed E-state index contributed by atoms with van der Waals surface area (Å²) in [5, 5.41) is 2.81. The average Bonchev–Trinajstić information content (AvgIpc) is 2.76. The zero-order valence-electron chi connectivity index (χ0n) is 19.4. The Balaban J connectivity index is 1.99. The van der Waals surface area contributed by atoms with Gasteiger partial charge in [0.2, 0.25) is 5.91 Å². The van der Waals surface area contributed by atoms with Crippen LogP contribution in [-0.2, 0) is 16.0 Å². The molecule has 32 heavy (non-hydrogen) atoms. The first-order chi connectivity index (χ1) is 15.3. The summed E-state index contributed by atoms with van der Waals surface area (Å²) in [5.74, 6) is 0.466. The molecular weight excluding hydrogens is 407 g/mol. The summed E-state index contributed by atoms with van der Waals surface area (Å²) in [6, 6.07) is 11.8. The van der Waals surface area contributed by atoms with Gasteiger partial charge in [-0.25, -0.2) is 4.39 Å². The number of ether oxygens (including phenoxy) is 1. The van der Waals surface area contributed by atoms with E-state index in [9.17, 15) is 14.0 Å². The van der Waals surface area contributed by atoms with E-state index in [1.807, 2.05) is 50.8 Å². The molecule has 2 aromatic carbocycles. The average molecular weight is 441 g/mol. The lowest BCUT2D eigenvalue weighted by molar-refractivity contribution is -0.134. The van der Waals surface area contributed by atoms with E-state index in [1.165, 1.54) is 12.1 Å². The second-order valence-corrected chi connectivity index (χ2v) is 8.66. The van der Waals surface area contributed by atoms with E-state index in [2.05, 4.69) is 5.32 Å². The number of nitrogens with one attached hydrogen (secondary N) is 1. The Labute approximate surface area is 190 Å². The van der Waals surface area contributed by atoms with Crippen molar-refractivity contribution in [1.29, 1.82) is 0 Å². The van der Waals surface area contributed by atoms with Crippen molar-refractivity contribution < 1.29 is 18.7 Å². The molecule has 0 aromatic heterocycles. The standard InChI is InChI=1S/C26H33FN2O3/c1-5-23(26(31)28-6-2)32-21-12-9-18-13-14-29(24(30)15-17(3)4)25(22(18)16-21)19-7-10-20(27)11-8-19/h7-12,16-17,23,25H,5-6,13-15H2,1-4H3,(H,28,31). The van der Waals surface area contributed by atoms with Gasteiger partial charge in [0, 0.05) is 19.5 Å². The summed E-state index contributed by atoms with van der Waals surface area (Å²) in [7, 11) is 0. The lowest BCUT2D eigenvalue weighted by Gasteiger charge is -2.38. The van der Waals surface area contributed by atoms with Crippen molar-refractivity contribution in [2.75, 3.05) is 13.1 Å². The highest BCUT2D eigenvalue weighted by atomic mass is 19.1. The van der Waals surface area contributed by atoms with Crippen molar-refractivity contribution in [3.8, 4) is 5.75 Å². The molecule has 172 valence electrons. The number of hydrogen-bond acceptors (Lipinski definition) is 3. The fourth-order valence-electron chi connectivity index (χ4n) is 4.18. The van der Waals surface area contributed by atoms with Gasteiger partial charge in [-0.2, -0.15) is 0 Å². The largest absolute Gasteiger partial charge is 0.481 e. The van der Waals surface area contributed by atoms with Gasteiger partial charge in [0.1, 0.15) is 11.6 Å². The van der Waals surface area contributed by atoms with Crippen LogP contribution in [0.2, 0.25) is 0 Å². The SMILES string of the molecule is CCNC(=O)C(CC)Oc1ccc2c(c1)C(c1ccc(F)cc1)N(C(=O)CC(C)C)CC2. The Morgan fingerprint density at radius 3 is 2.50 bits per heavy atom. The van der Waals surface area contributed by atoms with E-state index < -0.39 is 6.10 Å². The van der Waals surface area contributed by atoms with Crippen LogP contribution in [0, 0.1) is 11.7 Å². The third kappa shape index (κ3) is 5.47. The highest BCUT2D eigenvalue weighted by Crippen LogP contribution is 2.38. The molecule has 1 N–H and O–H groups in total. The Hall–Kier alpha value is -2.89. The molecule has 5 nitrogen and oxygen atoms in total. The van der Waals surface area contributed by atoms with Crippen LogP contribution >= 0.6 is 0 Å². The highest BCUT2D eigenvalue weighted by molar-refractivity contribution is 5.81. The van der Waals surface area contributed by atoms with Gasteiger partial charge in [-0.3, -0.25) is 9.59 Å². The quantitative estimate of drug-likeness (QED) is 0.651. The number of rotatable bonds is 8. The van der Waals surface area contributed by atoms with E-state index >= 15 is 0 Å². The number of likely N-dealkylation sites (N-methyl/N-ethyl adjacent to an activating group) is 1. The summed E-state index contributed by atoms with van der Waals surface area (Å²) >= 11 is 0. The minimum Gasteiger partial charge on any atom is -0.481 e. The molecule has 2 unspecified atom stereocenters. The van der Waals surface area contributed by atoms with Gasteiger partial charge < -0.3 is 15.0 Å². The molecule has 3 rings (SSSR count). The molecule has 2 amide bonds. The van der Waals surface area contributed by atoms with Crippen LogP contribution in [0.25, 0.3) is 0 Å². The molecule has 1 heterocycles. The number of halogens is 1. The van der Waals surface area contributed by atoms with Gasteiger partial charge >= 0.3 is 0 Å². The topological polar surface area (TPSA) is 58.6 Å². The number of carbonyl (C=O) groups is 2. The first-order valence-electron chi connectivity index (χ1n) is 11.5. The minimum absolute atomic E-state index is 0.0834. The predicted molar refractivity (Wildman–Crippen MR) is 123 cm³/mol. The van der Waals surface area contributed by atoms with Crippen LogP contribution in [-0.4, -0.2) is 35.9 Å². The second kappa shape index (κ2) is 10.6. The van der Waals surface area contributed by atoms with Gasteiger partial charge in [-0.15, -0.1) is 0 Å². The first kappa shape index (κ1) is 23.8. The van der Waals surface area contributed by atoms with Crippen LogP contribution in [0.3, 0.4) is 0 Å². The van der Waals surface area contributed by atoms with Gasteiger partial charge in [0.15, 0.2) is 6.10 Å². The molecule has 0 saturated carbocycles. The maximum atomic E-state index is 13.6. The molecular formula is C26H33FN2O3. The fourth-order valence-corrected chi connectivity index (χ4v) is 4.18. The Bertz CT molecular complexity index is 943. The van der Waals surface area contributed by atoms with Crippen LogP contribution in [0.1, 0.15) is 63.3 Å². The predicted octanol–water partition coefficient (Wildman–Crippen LogP) is 4.64. The normalized spacial score (nSPS) is 16.4. The maximum Gasteiger partial charge on any atom is 0.261 e. The van der Waals surface area contributed by atoms with Crippen molar-refractivity contribution in [3.05, 3.63) is 65.0 Å². The van der Waals surface area contributed by atoms with E-state index in [0.29, 0.717) is 31.7 Å². The van der Waals surface area contributed by atoms with Gasteiger partial charge in [-0.1, -0.05) is 39.0 Å². The van der Waals surface area contributed by atoms with E-state index in [-0.39, 0.29) is 29.6 Å². The molecule has 2 atom stereocenters. The number of benzene rings is 2. The third-order valence-corrected chi connectivity index (χ3v) is 5.73. The summed E-state index contributed by atoms with van der Waals surface area (Å²) in [5.41, 5.74) is 2.95. The monoisotopic (exact) mass is 440 g/mol. The molecule has 0 bridgehead atoms. The van der Waals surface area contributed by atoms with Crippen molar-refractivity contribution >= 4 is 11.8 Å². The minimum atomic E-state index is -0.584. The third-order valence-electron chi connectivity index (χ3n) is 5.73. The fraction of sp³-hybridized carbons (Fsp3) is 0.462. The van der Waals surface area contributed by atoms with E-state index in [4.69, 9.17) is 4.74 Å². The van der Waals surface area contributed by atoms with Crippen LogP contribution in [0.15, 0.2) is 42.5 Å². The number of fused-ring (bicyclic) bond motifs is 1. The molecule has 0 fully saturated rings. The van der Waals surface area contributed by atoms with Crippen molar-refractivity contribution in [1.82, 2.24) is 10.2 Å². The summed E-state index contributed by atoms with van der Waals surface area (Å²) in [6.07, 6.45) is 1.16. The molecule has 0 aliphatic carbocycles. The van der Waals surface area contributed by atoms with E-state index in [1.54, 1.807) is 12.1 Å². The number of nitrogens with zero attached hydrogens (tertiary/aromatic N) is 1. The molecule has 2 aromatic rings. The smallest absolute Gasteiger partial charge is 0.261 e. The van der Waals surface area contributed by atoms with Crippen molar-refractivity contribution in [2.24, 2.45) is 5.92 Å². The Kier molecular flexibility index (Phi) is 7.89. The van der Waals surface area contributed by atoms with Crippen LogP contribution in [0.5, 0.6) is 5.75 Å². The lowest BCUT2D eigenvalue weighted by atomic mass is 9.87. The zero-order chi connectivity index (χ0) is 23.3. The highest BCUT2D eigenvalue weighted by Gasteiger charge is 2.33. The summed E-state index contributed by atoms with van der Waals surface area (Å²) in [6.45, 7) is 8.99. The molecule has 6 heteroatoms. The van der Waals surface area contributed by atoms with Gasteiger partial charge in [-0.05, 0) is 66.6 Å². The van der Waals surface area contributed by atoms with Crippen LogP contribution in [0.4, 0.5) is 4.39 Å². The Morgan fingerprint density at radius 2 is 1.88 bits per heavy atom. The molecule has 1 aliphatic rings. The summed E-state index contributed by atoms with van der Waals surface area (Å²) < 4.78 is 19.7. The van der Waals surface area contributed by atoms with Crippen LogP contribution < -0.4 is 10.1 Å². The molecule has 0 radical (unpaired) electrons. The maximum absolute atomic E-state index is 13.6. The summed E-state index contributed by atoms with van der Waals surface area (Å²) in [4.78, 5) is 27.3. The molecule has 0 spiro atoms. The first-order valence-corrected chi connectivity index (χ1v) is 11.5. The Morgan fingerprint density at radius 1 is 1.16 bits per heavy atom. The van der Waals surface area contributed by atoms with Gasteiger partial charge in [0.25, 0.3) is 5.91 Å². The second-order valence-electron chi connectivity index (χ2n) is 8.66. The number of amides is 2. The van der Waals surface area contributed by atoms with Crippen molar-refractivity contribution in [3.63, 3.8) is 0 Å². The van der Waals surface area contributed by atoms with E-state index in [0.717, 1.165) is 23.1 Å². The molecule has 1 aliphatic heterocycles. The zero-order valence-corrected chi connectivity index (χ0v) is 19.4. The van der Waals surface area contributed by atoms with Gasteiger partial charge in [0.05, 0.1) is 6.04 Å². The lowest BCUT2D eigenvalue weighted by Crippen LogP contribution is -2.41.